The number of rotatable bonds is 4. The van der Waals surface area contributed by atoms with Gasteiger partial charge < -0.3 is 10.6 Å². The first kappa shape index (κ1) is 12.6. The summed E-state index contributed by atoms with van der Waals surface area (Å²) in [6.45, 7) is 4.16. The number of carbonyl (C=O) groups excluding carboxylic acids is 1. The average molecular weight is 252 g/mol. The van der Waals surface area contributed by atoms with Gasteiger partial charge in [0.2, 0.25) is 5.91 Å². The smallest absolute Gasteiger partial charge is 0.220 e. The molecule has 1 aromatic rings. The molecule has 1 aliphatic heterocycles. The SMILES string of the molecule is C[C@H](NC(=O)CC1CCNCC1)c1cccs1. The molecule has 1 aliphatic rings. The molecule has 1 aromatic heterocycles. The van der Waals surface area contributed by atoms with Crippen LogP contribution in [0.4, 0.5) is 0 Å². The second-order valence-corrected chi connectivity index (χ2v) is 5.68. The molecule has 0 radical (unpaired) electrons. The number of hydrogen-bond acceptors (Lipinski definition) is 3. The number of piperidine rings is 1. The molecule has 1 amide bonds. The van der Waals surface area contributed by atoms with Crippen LogP contribution in [0.3, 0.4) is 0 Å². The number of hydrogen-bond donors (Lipinski definition) is 2. The molecular weight excluding hydrogens is 232 g/mol. The molecule has 3 nitrogen and oxygen atoms in total. The monoisotopic (exact) mass is 252 g/mol. The molecule has 0 spiro atoms. The molecule has 1 saturated heterocycles. The van der Waals surface area contributed by atoms with E-state index in [1.807, 2.05) is 18.4 Å². The summed E-state index contributed by atoms with van der Waals surface area (Å²) < 4.78 is 0. The summed E-state index contributed by atoms with van der Waals surface area (Å²) in [5, 5.41) is 8.45. The maximum absolute atomic E-state index is 11.9. The number of nitrogens with one attached hydrogen (secondary N) is 2. The summed E-state index contributed by atoms with van der Waals surface area (Å²) in [6.07, 6.45) is 2.93. The Balaban J connectivity index is 1.76. The van der Waals surface area contributed by atoms with Crippen LogP contribution in [-0.2, 0) is 4.79 Å². The van der Waals surface area contributed by atoms with Crippen LogP contribution in [0.2, 0.25) is 0 Å². The molecule has 0 bridgehead atoms. The standard InChI is InChI=1S/C13H20N2OS/c1-10(12-3-2-8-17-12)15-13(16)9-11-4-6-14-7-5-11/h2-3,8,10-11,14H,4-7,9H2,1H3,(H,15,16)/t10-/m0/s1. The highest BCUT2D eigenvalue weighted by molar-refractivity contribution is 7.10. The Labute approximate surface area is 107 Å². The number of carbonyl (C=O) groups is 1. The van der Waals surface area contributed by atoms with Crippen molar-refractivity contribution < 1.29 is 4.79 Å². The van der Waals surface area contributed by atoms with Gasteiger partial charge in [0.15, 0.2) is 0 Å². The lowest BCUT2D eigenvalue weighted by atomic mass is 9.94. The van der Waals surface area contributed by atoms with Crippen LogP contribution in [0.1, 0.15) is 37.1 Å². The zero-order chi connectivity index (χ0) is 12.1. The van der Waals surface area contributed by atoms with E-state index in [0.29, 0.717) is 12.3 Å². The van der Waals surface area contributed by atoms with Crippen molar-refractivity contribution in [3.05, 3.63) is 22.4 Å². The zero-order valence-electron chi connectivity index (χ0n) is 10.2. The Morgan fingerprint density at radius 1 is 1.59 bits per heavy atom. The molecule has 2 N–H and O–H groups in total. The minimum atomic E-state index is 0.143. The van der Waals surface area contributed by atoms with Crippen molar-refractivity contribution in [2.45, 2.75) is 32.2 Å². The summed E-state index contributed by atoms with van der Waals surface area (Å²) in [7, 11) is 0. The van der Waals surface area contributed by atoms with E-state index in [2.05, 4.69) is 16.7 Å². The van der Waals surface area contributed by atoms with Gasteiger partial charge in [-0.2, -0.15) is 0 Å². The van der Waals surface area contributed by atoms with Gasteiger partial charge in [0.05, 0.1) is 6.04 Å². The number of thiophene rings is 1. The third-order valence-electron chi connectivity index (χ3n) is 3.28. The Morgan fingerprint density at radius 2 is 2.35 bits per heavy atom. The van der Waals surface area contributed by atoms with Crippen LogP contribution in [0.5, 0.6) is 0 Å². The van der Waals surface area contributed by atoms with E-state index in [4.69, 9.17) is 0 Å². The predicted octanol–water partition coefficient (Wildman–Crippen LogP) is 2.32. The first-order valence-electron chi connectivity index (χ1n) is 6.29. The summed E-state index contributed by atoms with van der Waals surface area (Å²) >= 11 is 1.69. The van der Waals surface area contributed by atoms with Crippen LogP contribution in [0, 0.1) is 5.92 Å². The fourth-order valence-corrected chi connectivity index (χ4v) is 2.99. The molecule has 0 unspecified atom stereocenters. The third-order valence-corrected chi connectivity index (χ3v) is 4.34. The average Bonchev–Trinajstić information content (AvgIpc) is 2.83. The largest absolute Gasteiger partial charge is 0.349 e. The maximum atomic E-state index is 11.9. The van der Waals surface area contributed by atoms with Crippen molar-refractivity contribution in [3.63, 3.8) is 0 Å². The lowest BCUT2D eigenvalue weighted by molar-refractivity contribution is -0.122. The van der Waals surface area contributed by atoms with E-state index < -0.39 is 0 Å². The van der Waals surface area contributed by atoms with Gasteiger partial charge >= 0.3 is 0 Å². The van der Waals surface area contributed by atoms with Gasteiger partial charge in [-0.05, 0) is 50.2 Å². The number of amides is 1. The molecule has 2 rings (SSSR count). The molecule has 4 heteroatoms. The highest BCUT2D eigenvalue weighted by atomic mass is 32.1. The quantitative estimate of drug-likeness (QED) is 0.863. The summed E-state index contributed by atoms with van der Waals surface area (Å²) in [5.41, 5.74) is 0. The first-order valence-corrected chi connectivity index (χ1v) is 7.17. The Morgan fingerprint density at radius 3 is 3.00 bits per heavy atom. The molecule has 17 heavy (non-hydrogen) atoms. The first-order chi connectivity index (χ1) is 8.25. The van der Waals surface area contributed by atoms with E-state index in [0.717, 1.165) is 25.9 Å². The van der Waals surface area contributed by atoms with E-state index >= 15 is 0 Å². The second kappa shape index (κ2) is 6.17. The molecular formula is C13H20N2OS. The second-order valence-electron chi connectivity index (χ2n) is 4.70. The van der Waals surface area contributed by atoms with Gasteiger partial charge in [0.1, 0.15) is 0 Å². The van der Waals surface area contributed by atoms with Gasteiger partial charge in [-0.3, -0.25) is 4.79 Å². The normalized spacial score (nSPS) is 18.9. The fourth-order valence-electron chi connectivity index (χ4n) is 2.26. The van der Waals surface area contributed by atoms with Crippen LogP contribution >= 0.6 is 11.3 Å². The van der Waals surface area contributed by atoms with Crippen LogP contribution in [0.15, 0.2) is 17.5 Å². The van der Waals surface area contributed by atoms with Crippen molar-refractivity contribution in [2.75, 3.05) is 13.1 Å². The lowest BCUT2D eigenvalue weighted by Crippen LogP contribution is -2.33. The van der Waals surface area contributed by atoms with E-state index in [-0.39, 0.29) is 11.9 Å². The van der Waals surface area contributed by atoms with Gasteiger partial charge in [0, 0.05) is 11.3 Å². The molecule has 0 aliphatic carbocycles. The Bertz CT molecular complexity index is 344. The topological polar surface area (TPSA) is 41.1 Å². The van der Waals surface area contributed by atoms with Crippen LogP contribution in [-0.4, -0.2) is 19.0 Å². The minimum absolute atomic E-state index is 0.143. The fraction of sp³-hybridized carbons (Fsp3) is 0.615. The molecule has 0 aromatic carbocycles. The summed E-state index contributed by atoms with van der Waals surface area (Å²) in [5.74, 6) is 0.754. The third kappa shape index (κ3) is 3.82. The van der Waals surface area contributed by atoms with Crippen molar-refractivity contribution >= 4 is 17.2 Å². The predicted molar refractivity (Wildman–Crippen MR) is 71.1 cm³/mol. The molecule has 1 atom stereocenters. The van der Waals surface area contributed by atoms with E-state index in [9.17, 15) is 4.79 Å². The van der Waals surface area contributed by atoms with Gasteiger partial charge in [-0.1, -0.05) is 6.07 Å². The molecule has 0 saturated carbocycles. The lowest BCUT2D eigenvalue weighted by Gasteiger charge is -2.22. The van der Waals surface area contributed by atoms with Gasteiger partial charge in [0.25, 0.3) is 0 Å². The Hall–Kier alpha value is -0.870. The molecule has 1 fully saturated rings. The van der Waals surface area contributed by atoms with E-state index in [1.165, 1.54) is 4.88 Å². The molecule has 2 heterocycles. The van der Waals surface area contributed by atoms with Crippen molar-refractivity contribution in [3.8, 4) is 0 Å². The van der Waals surface area contributed by atoms with E-state index in [1.54, 1.807) is 11.3 Å². The maximum Gasteiger partial charge on any atom is 0.220 e. The highest BCUT2D eigenvalue weighted by Gasteiger charge is 2.18. The van der Waals surface area contributed by atoms with Crippen LogP contribution < -0.4 is 10.6 Å². The van der Waals surface area contributed by atoms with Gasteiger partial charge in [-0.25, -0.2) is 0 Å². The zero-order valence-corrected chi connectivity index (χ0v) is 11.1. The minimum Gasteiger partial charge on any atom is -0.349 e. The highest BCUT2D eigenvalue weighted by Crippen LogP contribution is 2.20. The van der Waals surface area contributed by atoms with Crippen molar-refractivity contribution in [2.24, 2.45) is 5.92 Å². The van der Waals surface area contributed by atoms with Gasteiger partial charge in [-0.15, -0.1) is 11.3 Å². The van der Waals surface area contributed by atoms with Crippen molar-refractivity contribution in [1.29, 1.82) is 0 Å². The Kier molecular flexibility index (Phi) is 4.57. The summed E-state index contributed by atoms with van der Waals surface area (Å²) in [4.78, 5) is 13.1. The van der Waals surface area contributed by atoms with Crippen LogP contribution in [0.25, 0.3) is 0 Å². The van der Waals surface area contributed by atoms with Crippen molar-refractivity contribution in [1.82, 2.24) is 10.6 Å². The molecule has 94 valence electrons. The summed E-state index contributed by atoms with van der Waals surface area (Å²) in [6, 6.07) is 4.24.